The lowest BCUT2D eigenvalue weighted by Crippen LogP contribution is -2.03. The van der Waals surface area contributed by atoms with Gasteiger partial charge in [-0.1, -0.05) is 27.7 Å². The molecule has 2 heteroatoms. The van der Waals surface area contributed by atoms with E-state index in [-0.39, 0.29) is 23.4 Å². The van der Waals surface area contributed by atoms with Crippen LogP contribution in [0.3, 0.4) is 0 Å². The van der Waals surface area contributed by atoms with E-state index in [1.54, 1.807) is 0 Å². The largest absolute Gasteiger partial charge is 0.509 e. The number of allylic oxidation sites excluding steroid dienone is 2. The average Bonchev–Trinajstić information content (AvgIpc) is 1.84. The monoisotopic (exact) mass is 144 g/mol. The molecule has 0 heterocycles. The lowest BCUT2D eigenvalue weighted by Gasteiger charge is -2.09. The minimum atomic E-state index is 0.0161. The first kappa shape index (κ1) is 9.34. The average molecular weight is 144 g/mol. The van der Waals surface area contributed by atoms with Crippen LogP contribution < -0.4 is 0 Å². The molecule has 0 aromatic carbocycles. The minimum absolute atomic E-state index is 0.0161. The van der Waals surface area contributed by atoms with Gasteiger partial charge < -0.3 is 10.2 Å². The molecule has 0 aromatic rings. The molecule has 0 saturated carbocycles. The van der Waals surface area contributed by atoms with Crippen molar-refractivity contribution in [2.24, 2.45) is 11.8 Å². The third kappa shape index (κ3) is 2.29. The van der Waals surface area contributed by atoms with E-state index < -0.39 is 0 Å². The first-order chi connectivity index (χ1) is 4.46. The Morgan fingerprint density at radius 1 is 0.800 bits per heavy atom. The summed E-state index contributed by atoms with van der Waals surface area (Å²) in [6, 6.07) is 0. The van der Waals surface area contributed by atoms with Crippen LogP contribution in [0.4, 0.5) is 0 Å². The van der Waals surface area contributed by atoms with Crippen molar-refractivity contribution in [3.63, 3.8) is 0 Å². The maximum Gasteiger partial charge on any atom is 0.132 e. The van der Waals surface area contributed by atoms with Gasteiger partial charge in [-0.05, 0) is 0 Å². The van der Waals surface area contributed by atoms with E-state index in [4.69, 9.17) is 0 Å². The van der Waals surface area contributed by atoms with Crippen LogP contribution in [0, 0.1) is 11.8 Å². The predicted molar refractivity (Wildman–Crippen MR) is 42.0 cm³/mol. The van der Waals surface area contributed by atoms with Gasteiger partial charge in [-0.2, -0.15) is 0 Å². The molecular weight excluding hydrogens is 128 g/mol. The Bertz CT molecular complexity index is 118. The summed E-state index contributed by atoms with van der Waals surface area (Å²) < 4.78 is 0. The first-order valence-corrected chi connectivity index (χ1v) is 3.58. The summed E-state index contributed by atoms with van der Waals surface area (Å²) in [5.74, 6) is 0.245. The summed E-state index contributed by atoms with van der Waals surface area (Å²) in [5.41, 5.74) is 0. The standard InChI is InChI=1S/C8H16O2/c1-5(2)7(9)8(10)6(3)4/h5-6,9-10H,1-4H3/b8-7+. The molecule has 10 heavy (non-hydrogen) atoms. The highest BCUT2D eigenvalue weighted by atomic mass is 16.3. The molecule has 2 N–H and O–H groups in total. The van der Waals surface area contributed by atoms with E-state index in [0.717, 1.165) is 0 Å². The second-order valence-corrected chi connectivity index (χ2v) is 3.08. The molecule has 0 amide bonds. The summed E-state index contributed by atoms with van der Waals surface area (Å²) in [5, 5.41) is 18.4. The molecule has 0 saturated heterocycles. The van der Waals surface area contributed by atoms with Crippen LogP contribution in [0.15, 0.2) is 11.5 Å². The Kier molecular flexibility index (Phi) is 3.26. The molecule has 0 fully saturated rings. The van der Waals surface area contributed by atoms with Crippen molar-refractivity contribution >= 4 is 0 Å². The van der Waals surface area contributed by atoms with Gasteiger partial charge in [0.2, 0.25) is 0 Å². The zero-order valence-corrected chi connectivity index (χ0v) is 7.05. The molecule has 0 aliphatic rings. The van der Waals surface area contributed by atoms with Crippen LogP contribution in [0.2, 0.25) is 0 Å². The van der Waals surface area contributed by atoms with Crippen LogP contribution in [-0.4, -0.2) is 10.2 Å². The fourth-order valence-corrected chi connectivity index (χ4v) is 0.592. The van der Waals surface area contributed by atoms with E-state index in [9.17, 15) is 10.2 Å². The normalized spacial score (nSPS) is 14.2. The van der Waals surface area contributed by atoms with Gasteiger partial charge in [0, 0.05) is 11.8 Å². The lowest BCUT2D eigenvalue weighted by molar-refractivity contribution is 0.259. The molecule has 0 atom stereocenters. The number of hydrogen-bond acceptors (Lipinski definition) is 2. The minimum Gasteiger partial charge on any atom is -0.509 e. The van der Waals surface area contributed by atoms with E-state index in [0.29, 0.717) is 0 Å². The van der Waals surface area contributed by atoms with Gasteiger partial charge in [-0.25, -0.2) is 0 Å². The molecule has 0 bridgehead atoms. The quantitative estimate of drug-likeness (QED) is 0.585. The van der Waals surface area contributed by atoms with Crippen LogP contribution in [0.25, 0.3) is 0 Å². The van der Waals surface area contributed by atoms with Gasteiger partial charge in [0.05, 0.1) is 0 Å². The highest BCUT2D eigenvalue weighted by Crippen LogP contribution is 2.15. The summed E-state index contributed by atoms with van der Waals surface area (Å²) in [6.45, 7) is 7.36. The zero-order chi connectivity index (χ0) is 8.31. The van der Waals surface area contributed by atoms with Crippen LogP contribution in [-0.2, 0) is 0 Å². The van der Waals surface area contributed by atoms with Crippen molar-refractivity contribution < 1.29 is 10.2 Å². The number of hydrogen-bond donors (Lipinski definition) is 2. The van der Waals surface area contributed by atoms with Crippen molar-refractivity contribution in [3.8, 4) is 0 Å². The number of aliphatic hydroxyl groups is 2. The van der Waals surface area contributed by atoms with E-state index in [1.807, 2.05) is 27.7 Å². The van der Waals surface area contributed by atoms with E-state index in [2.05, 4.69) is 0 Å². The molecular formula is C8H16O2. The van der Waals surface area contributed by atoms with Crippen molar-refractivity contribution in [1.82, 2.24) is 0 Å². The van der Waals surface area contributed by atoms with Crippen molar-refractivity contribution in [2.75, 3.05) is 0 Å². The molecule has 0 radical (unpaired) electrons. The number of aliphatic hydroxyl groups excluding tert-OH is 2. The Morgan fingerprint density at radius 3 is 1.10 bits per heavy atom. The molecule has 0 aromatic heterocycles. The summed E-state index contributed by atoms with van der Waals surface area (Å²) in [6.07, 6.45) is 0. The van der Waals surface area contributed by atoms with E-state index in [1.165, 1.54) is 0 Å². The van der Waals surface area contributed by atoms with Crippen molar-refractivity contribution in [1.29, 1.82) is 0 Å². The van der Waals surface area contributed by atoms with Gasteiger partial charge in [-0.15, -0.1) is 0 Å². The van der Waals surface area contributed by atoms with Crippen LogP contribution in [0.5, 0.6) is 0 Å². The topological polar surface area (TPSA) is 40.5 Å². The Labute approximate surface area is 62.2 Å². The molecule has 0 aliphatic heterocycles. The lowest BCUT2D eigenvalue weighted by atomic mass is 10.1. The van der Waals surface area contributed by atoms with Crippen molar-refractivity contribution in [2.45, 2.75) is 27.7 Å². The maximum absolute atomic E-state index is 9.20. The number of rotatable bonds is 2. The van der Waals surface area contributed by atoms with Gasteiger partial charge in [0.15, 0.2) is 0 Å². The fourth-order valence-electron chi connectivity index (χ4n) is 0.592. The molecule has 0 rings (SSSR count). The highest BCUT2D eigenvalue weighted by molar-refractivity contribution is 5.02. The van der Waals surface area contributed by atoms with Gasteiger partial charge >= 0.3 is 0 Å². The molecule has 0 aliphatic carbocycles. The summed E-state index contributed by atoms with van der Waals surface area (Å²) >= 11 is 0. The molecule has 0 unspecified atom stereocenters. The third-order valence-corrected chi connectivity index (χ3v) is 1.36. The molecule has 60 valence electrons. The highest BCUT2D eigenvalue weighted by Gasteiger charge is 2.10. The van der Waals surface area contributed by atoms with Gasteiger partial charge in [-0.3, -0.25) is 0 Å². The van der Waals surface area contributed by atoms with Gasteiger partial charge in [0.25, 0.3) is 0 Å². The van der Waals surface area contributed by atoms with Crippen molar-refractivity contribution in [3.05, 3.63) is 11.5 Å². The third-order valence-electron chi connectivity index (χ3n) is 1.36. The first-order valence-electron chi connectivity index (χ1n) is 3.58. The summed E-state index contributed by atoms with van der Waals surface area (Å²) in [7, 11) is 0. The second kappa shape index (κ2) is 3.49. The van der Waals surface area contributed by atoms with Crippen LogP contribution in [0.1, 0.15) is 27.7 Å². The molecule has 2 nitrogen and oxygen atoms in total. The second-order valence-electron chi connectivity index (χ2n) is 3.08. The maximum atomic E-state index is 9.20. The fraction of sp³-hybridized carbons (Fsp3) is 0.750. The van der Waals surface area contributed by atoms with E-state index >= 15 is 0 Å². The van der Waals surface area contributed by atoms with Gasteiger partial charge in [0.1, 0.15) is 11.5 Å². The Hall–Kier alpha value is -0.660. The smallest absolute Gasteiger partial charge is 0.132 e. The Balaban J connectivity index is 4.34. The predicted octanol–water partition coefficient (Wildman–Crippen LogP) is 2.63. The zero-order valence-electron chi connectivity index (χ0n) is 7.05. The Morgan fingerprint density at radius 2 is 1.00 bits per heavy atom. The summed E-state index contributed by atoms with van der Waals surface area (Å²) in [4.78, 5) is 0. The SMILES string of the molecule is CC(C)/C(O)=C(\O)C(C)C. The van der Waals surface area contributed by atoms with Crippen LogP contribution >= 0.6 is 0 Å². The molecule has 0 spiro atoms.